The number of methoxy groups -OCH3 is 1. The lowest BCUT2D eigenvalue weighted by atomic mass is 9.98. The quantitative estimate of drug-likeness (QED) is 0.809. The van der Waals surface area contributed by atoms with Gasteiger partial charge in [-0.05, 0) is 37.1 Å². The van der Waals surface area contributed by atoms with Crippen LogP contribution < -0.4 is 4.74 Å². The number of ether oxygens (including phenoxy) is 2. The van der Waals surface area contributed by atoms with Crippen LogP contribution in [0.4, 0.5) is 4.39 Å². The van der Waals surface area contributed by atoms with E-state index in [9.17, 15) is 9.18 Å². The van der Waals surface area contributed by atoms with Crippen molar-refractivity contribution < 1.29 is 18.7 Å². The summed E-state index contributed by atoms with van der Waals surface area (Å²) in [5.41, 5.74) is 0. The molecule has 1 aromatic rings. The first kappa shape index (κ1) is 15.8. The summed E-state index contributed by atoms with van der Waals surface area (Å²) in [6, 6.07) is 6.02. The Hall–Kier alpha value is -1.62. The molecule has 2 rings (SSSR count). The average Bonchev–Trinajstić information content (AvgIpc) is 2.52. The van der Waals surface area contributed by atoms with Gasteiger partial charge in [-0.25, -0.2) is 4.39 Å². The zero-order valence-electron chi connectivity index (χ0n) is 12.4. The molecule has 0 aromatic heterocycles. The fourth-order valence-electron chi connectivity index (χ4n) is 2.52. The number of rotatable bonds is 6. The van der Waals surface area contributed by atoms with Gasteiger partial charge in [0.15, 0.2) is 0 Å². The van der Waals surface area contributed by atoms with Crippen molar-refractivity contribution in [1.82, 2.24) is 4.90 Å². The van der Waals surface area contributed by atoms with Crippen molar-refractivity contribution in [3.63, 3.8) is 0 Å². The summed E-state index contributed by atoms with van der Waals surface area (Å²) in [6.07, 6.45) is 2.48. The van der Waals surface area contributed by atoms with Gasteiger partial charge < -0.3 is 14.4 Å². The van der Waals surface area contributed by atoms with Crippen molar-refractivity contribution in [2.45, 2.75) is 19.3 Å². The molecule has 0 spiro atoms. The molecule has 0 unspecified atom stereocenters. The van der Waals surface area contributed by atoms with Crippen molar-refractivity contribution in [3.8, 4) is 5.75 Å². The second-order valence-electron chi connectivity index (χ2n) is 5.36. The molecule has 1 amide bonds. The van der Waals surface area contributed by atoms with Gasteiger partial charge in [0.2, 0.25) is 5.91 Å². The maximum atomic E-state index is 12.8. The summed E-state index contributed by atoms with van der Waals surface area (Å²) in [4.78, 5) is 13.9. The van der Waals surface area contributed by atoms with Crippen LogP contribution in [0.25, 0.3) is 0 Å². The Kier molecular flexibility index (Phi) is 5.99. The Labute approximate surface area is 124 Å². The molecule has 1 heterocycles. The van der Waals surface area contributed by atoms with E-state index in [1.165, 1.54) is 12.1 Å². The summed E-state index contributed by atoms with van der Waals surface area (Å²) in [6.45, 7) is 2.56. The highest BCUT2D eigenvalue weighted by Gasteiger charge is 2.23. The predicted octanol–water partition coefficient (Wildman–Crippen LogP) is 2.48. The smallest absolute Gasteiger partial charge is 0.224 e. The number of halogens is 1. The Balaban J connectivity index is 1.78. The zero-order valence-corrected chi connectivity index (χ0v) is 12.4. The first-order valence-corrected chi connectivity index (χ1v) is 7.34. The number of piperidine rings is 1. The number of nitrogens with zero attached hydrogens (tertiary/aromatic N) is 1. The third-order valence-electron chi connectivity index (χ3n) is 3.69. The SMILES string of the molecule is COCCC(=O)N1CCC[C@H](COc2ccc(F)cc2)C1. The maximum absolute atomic E-state index is 12.8. The van der Waals surface area contributed by atoms with Gasteiger partial charge in [0.1, 0.15) is 11.6 Å². The fourth-order valence-corrected chi connectivity index (χ4v) is 2.52. The number of hydrogen-bond donors (Lipinski definition) is 0. The van der Waals surface area contributed by atoms with E-state index >= 15 is 0 Å². The van der Waals surface area contributed by atoms with E-state index in [-0.39, 0.29) is 11.7 Å². The van der Waals surface area contributed by atoms with Crippen LogP contribution in [0.3, 0.4) is 0 Å². The zero-order chi connectivity index (χ0) is 15.1. The monoisotopic (exact) mass is 295 g/mol. The molecule has 1 atom stereocenters. The predicted molar refractivity (Wildman–Crippen MR) is 77.7 cm³/mol. The highest BCUT2D eigenvalue weighted by atomic mass is 19.1. The van der Waals surface area contributed by atoms with E-state index in [1.54, 1.807) is 19.2 Å². The molecule has 0 bridgehead atoms. The molecule has 0 radical (unpaired) electrons. The Morgan fingerprint density at radius 1 is 1.38 bits per heavy atom. The third-order valence-corrected chi connectivity index (χ3v) is 3.69. The fraction of sp³-hybridized carbons (Fsp3) is 0.562. The first-order chi connectivity index (χ1) is 10.2. The Morgan fingerprint density at radius 2 is 2.14 bits per heavy atom. The lowest BCUT2D eigenvalue weighted by Gasteiger charge is -2.32. The van der Waals surface area contributed by atoms with Gasteiger partial charge in [0.25, 0.3) is 0 Å². The van der Waals surface area contributed by atoms with Crippen molar-refractivity contribution in [3.05, 3.63) is 30.1 Å². The van der Waals surface area contributed by atoms with Crippen LogP contribution in [0.5, 0.6) is 5.75 Å². The first-order valence-electron chi connectivity index (χ1n) is 7.34. The number of carbonyl (C=O) groups excluding carboxylic acids is 1. The normalized spacial score (nSPS) is 18.6. The Bertz CT molecular complexity index is 449. The lowest BCUT2D eigenvalue weighted by molar-refractivity contribution is -0.134. The summed E-state index contributed by atoms with van der Waals surface area (Å²) in [5, 5.41) is 0. The van der Waals surface area contributed by atoms with Gasteiger partial charge in [-0.1, -0.05) is 0 Å². The van der Waals surface area contributed by atoms with Crippen LogP contribution in [0.2, 0.25) is 0 Å². The molecule has 1 aliphatic heterocycles. The van der Waals surface area contributed by atoms with E-state index in [4.69, 9.17) is 9.47 Å². The lowest BCUT2D eigenvalue weighted by Crippen LogP contribution is -2.41. The summed E-state index contributed by atoms with van der Waals surface area (Å²) in [7, 11) is 1.60. The maximum Gasteiger partial charge on any atom is 0.224 e. The van der Waals surface area contributed by atoms with Crippen molar-refractivity contribution in [2.24, 2.45) is 5.92 Å². The molecule has 1 fully saturated rings. The summed E-state index contributed by atoms with van der Waals surface area (Å²) >= 11 is 0. The van der Waals surface area contributed by atoms with Crippen molar-refractivity contribution in [2.75, 3.05) is 33.4 Å². The third kappa shape index (κ3) is 5.01. The highest BCUT2D eigenvalue weighted by Crippen LogP contribution is 2.19. The minimum absolute atomic E-state index is 0.142. The molecular formula is C16H22FNO3. The highest BCUT2D eigenvalue weighted by molar-refractivity contribution is 5.76. The topological polar surface area (TPSA) is 38.8 Å². The molecule has 0 saturated carbocycles. The van der Waals surface area contributed by atoms with E-state index in [0.717, 1.165) is 25.9 Å². The average molecular weight is 295 g/mol. The molecule has 1 aliphatic rings. The largest absolute Gasteiger partial charge is 0.493 e. The second kappa shape index (κ2) is 7.98. The number of amides is 1. The molecule has 116 valence electrons. The van der Waals surface area contributed by atoms with E-state index < -0.39 is 0 Å². The molecule has 21 heavy (non-hydrogen) atoms. The Morgan fingerprint density at radius 3 is 2.86 bits per heavy atom. The van der Waals surface area contributed by atoms with Crippen LogP contribution in [0.1, 0.15) is 19.3 Å². The van der Waals surface area contributed by atoms with Gasteiger partial charge in [-0.3, -0.25) is 4.79 Å². The molecule has 4 nitrogen and oxygen atoms in total. The molecule has 1 saturated heterocycles. The molecule has 0 N–H and O–H groups in total. The van der Waals surface area contributed by atoms with Gasteiger partial charge in [-0.15, -0.1) is 0 Å². The molecule has 5 heteroatoms. The number of carbonyl (C=O) groups is 1. The van der Waals surface area contributed by atoms with E-state index in [1.807, 2.05) is 4.90 Å². The van der Waals surface area contributed by atoms with Gasteiger partial charge >= 0.3 is 0 Å². The van der Waals surface area contributed by atoms with Crippen LogP contribution in [0.15, 0.2) is 24.3 Å². The number of benzene rings is 1. The van der Waals surface area contributed by atoms with Gasteiger partial charge in [-0.2, -0.15) is 0 Å². The minimum Gasteiger partial charge on any atom is -0.493 e. The molecule has 1 aromatic carbocycles. The second-order valence-corrected chi connectivity index (χ2v) is 5.36. The van der Waals surface area contributed by atoms with Crippen molar-refractivity contribution in [1.29, 1.82) is 0 Å². The van der Waals surface area contributed by atoms with E-state index in [2.05, 4.69) is 0 Å². The van der Waals surface area contributed by atoms with Crippen LogP contribution >= 0.6 is 0 Å². The minimum atomic E-state index is -0.269. The summed E-state index contributed by atoms with van der Waals surface area (Å²) < 4.78 is 23.4. The van der Waals surface area contributed by atoms with Crippen LogP contribution in [-0.2, 0) is 9.53 Å². The molecular weight excluding hydrogens is 273 g/mol. The summed E-state index contributed by atoms with van der Waals surface area (Å²) in [5.74, 6) is 0.868. The number of hydrogen-bond acceptors (Lipinski definition) is 3. The molecule has 0 aliphatic carbocycles. The van der Waals surface area contributed by atoms with Gasteiger partial charge in [0.05, 0.1) is 19.6 Å². The van der Waals surface area contributed by atoms with Crippen molar-refractivity contribution >= 4 is 5.91 Å². The number of likely N-dealkylation sites (tertiary alicyclic amines) is 1. The standard InChI is InChI=1S/C16H22FNO3/c1-20-10-8-16(19)18-9-2-3-13(11-18)12-21-15-6-4-14(17)5-7-15/h4-7,13H,2-3,8-12H2,1H3/t13-/m0/s1. The van der Waals surface area contributed by atoms with Crippen LogP contribution in [-0.4, -0.2) is 44.2 Å². The van der Waals surface area contributed by atoms with Crippen LogP contribution in [0, 0.1) is 11.7 Å². The van der Waals surface area contributed by atoms with Gasteiger partial charge in [0, 0.05) is 26.1 Å². The van der Waals surface area contributed by atoms with E-state index in [0.29, 0.717) is 31.3 Å².